The first-order chi connectivity index (χ1) is 7.70. The van der Waals surface area contributed by atoms with Gasteiger partial charge in [-0.25, -0.2) is 0 Å². The van der Waals surface area contributed by atoms with Gasteiger partial charge in [-0.1, -0.05) is 6.08 Å². The minimum absolute atomic E-state index is 0.0502. The van der Waals surface area contributed by atoms with E-state index >= 15 is 0 Å². The maximum absolute atomic E-state index is 6.18. The number of aryl methyl sites for hydroxylation is 1. The molecule has 0 aromatic carbocycles. The van der Waals surface area contributed by atoms with Crippen molar-refractivity contribution in [1.29, 1.82) is 0 Å². The summed E-state index contributed by atoms with van der Waals surface area (Å²) in [7, 11) is 1.92. The maximum atomic E-state index is 6.18. The first-order valence-corrected chi connectivity index (χ1v) is 5.79. The summed E-state index contributed by atoms with van der Waals surface area (Å²) >= 11 is 0. The molecule has 1 aliphatic rings. The summed E-state index contributed by atoms with van der Waals surface area (Å²) in [5, 5.41) is 4.15. The molecule has 0 radical (unpaired) electrons. The van der Waals surface area contributed by atoms with E-state index in [9.17, 15) is 0 Å². The molecule has 1 aliphatic carbocycles. The van der Waals surface area contributed by atoms with Crippen molar-refractivity contribution in [2.24, 2.45) is 12.8 Å². The molecule has 2 rings (SSSR count). The summed E-state index contributed by atoms with van der Waals surface area (Å²) in [5.74, 6) is 0. The number of nitrogens with two attached hydrogens (primary N) is 1. The molecule has 88 valence electrons. The molecule has 4 nitrogen and oxygen atoms in total. The molecule has 2 N–H and O–H groups in total. The van der Waals surface area contributed by atoms with Gasteiger partial charge in [0.25, 0.3) is 0 Å². The zero-order valence-corrected chi connectivity index (χ0v) is 9.84. The van der Waals surface area contributed by atoms with Crippen LogP contribution in [0.1, 0.15) is 24.4 Å². The average Bonchev–Trinajstić information content (AvgIpc) is 3.00. The minimum Gasteiger partial charge on any atom is -0.323 e. The van der Waals surface area contributed by atoms with Gasteiger partial charge in [-0.3, -0.25) is 9.58 Å². The summed E-state index contributed by atoms with van der Waals surface area (Å²) in [6, 6.07) is 0.773. The van der Waals surface area contributed by atoms with Crippen molar-refractivity contribution in [2.75, 3.05) is 13.1 Å². The van der Waals surface area contributed by atoms with Gasteiger partial charge < -0.3 is 5.73 Å². The van der Waals surface area contributed by atoms with Gasteiger partial charge in [0, 0.05) is 44.0 Å². The fraction of sp³-hybridized carbons (Fsp3) is 0.583. The number of hydrogen-bond acceptors (Lipinski definition) is 3. The molecule has 1 unspecified atom stereocenters. The third-order valence-electron chi connectivity index (χ3n) is 3.01. The largest absolute Gasteiger partial charge is 0.323 e. The van der Waals surface area contributed by atoms with Gasteiger partial charge in [-0.15, -0.1) is 6.58 Å². The molecule has 1 saturated carbocycles. The number of rotatable bonds is 6. The first kappa shape index (κ1) is 11.4. The fourth-order valence-corrected chi connectivity index (χ4v) is 1.97. The summed E-state index contributed by atoms with van der Waals surface area (Å²) < 4.78 is 1.80. The molecule has 1 atom stereocenters. The normalized spacial score (nSPS) is 17.7. The first-order valence-electron chi connectivity index (χ1n) is 5.79. The van der Waals surface area contributed by atoms with Crippen LogP contribution in [-0.4, -0.2) is 33.8 Å². The molecule has 0 amide bonds. The molecular weight excluding hydrogens is 200 g/mol. The molecule has 1 aromatic rings. The highest BCUT2D eigenvalue weighted by molar-refractivity contribution is 5.10. The van der Waals surface area contributed by atoms with Gasteiger partial charge in [0.05, 0.1) is 6.20 Å². The van der Waals surface area contributed by atoms with Gasteiger partial charge >= 0.3 is 0 Å². The maximum Gasteiger partial charge on any atom is 0.0537 e. The Labute approximate surface area is 96.7 Å². The van der Waals surface area contributed by atoms with Crippen molar-refractivity contribution in [3.63, 3.8) is 0 Å². The highest BCUT2D eigenvalue weighted by Crippen LogP contribution is 2.28. The lowest BCUT2D eigenvalue weighted by molar-refractivity contribution is 0.274. The lowest BCUT2D eigenvalue weighted by atomic mass is 10.1. The molecule has 1 fully saturated rings. The Balaban J connectivity index is 1.93. The van der Waals surface area contributed by atoms with Crippen LogP contribution in [0.5, 0.6) is 0 Å². The zero-order valence-electron chi connectivity index (χ0n) is 9.84. The van der Waals surface area contributed by atoms with E-state index in [1.165, 1.54) is 12.8 Å². The lowest BCUT2D eigenvalue weighted by Crippen LogP contribution is -2.34. The molecule has 0 saturated heterocycles. The minimum atomic E-state index is 0.0502. The van der Waals surface area contributed by atoms with Crippen molar-refractivity contribution in [3.8, 4) is 0 Å². The summed E-state index contributed by atoms with van der Waals surface area (Å²) in [4.78, 5) is 2.41. The number of nitrogens with zero attached hydrogens (tertiary/aromatic N) is 3. The summed E-state index contributed by atoms with van der Waals surface area (Å²) in [6.45, 7) is 5.62. The Morgan fingerprint density at radius 2 is 2.50 bits per heavy atom. The average molecular weight is 220 g/mol. The van der Waals surface area contributed by atoms with E-state index in [2.05, 4.69) is 16.6 Å². The van der Waals surface area contributed by atoms with Crippen molar-refractivity contribution in [2.45, 2.75) is 24.9 Å². The Morgan fingerprint density at radius 1 is 1.75 bits per heavy atom. The lowest BCUT2D eigenvalue weighted by Gasteiger charge is -2.23. The SMILES string of the molecule is C=CCN(CC(N)c1cnn(C)c1)C1CC1. The van der Waals surface area contributed by atoms with Crippen LogP contribution in [0.2, 0.25) is 0 Å². The van der Waals surface area contributed by atoms with Gasteiger partial charge in [-0.2, -0.15) is 5.10 Å². The highest BCUT2D eigenvalue weighted by Gasteiger charge is 2.29. The summed E-state index contributed by atoms with van der Waals surface area (Å²) in [5.41, 5.74) is 7.28. The van der Waals surface area contributed by atoms with Crippen LogP contribution in [0.25, 0.3) is 0 Å². The van der Waals surface area contributed by atoms with E-state index in [1.54, 1.807) is 4.68 Å². The van der Waals surface area contributed by atoms with Gasteiger partial charge in [-0.05, 0) is 12.8 Å². The third kappa shape index (κ3) is 2.71. The van der Waals surface area contributed by atoms with Crippen molar-refractivity contribution < 1.29 is 0 Å². The molecule has 1 aromatic heterocycles. The van der Waals surface area contributed by atoms with E-state index in [1.807, 2.05) is 25.5 Å². The van der Waals surface area contributed by atoms with Gasteiger partial charge in [0.2, 0.25) is 0 Å². The van der Waals surface area contributed by atoms with Gasteiger partial charge in [0.15, 0.2) is 0 Å². The van der Waals surface area contributed by atoms with Crippen molar-refractivity contribution in [3.05, 3.63) is 30.6 Å². The second kappa shape index (κ2) is 4.80. The van der Waals surface area contributed by atoms with E-state index in [4.69, 9.17) is 5.73 Å². The summed E-state index contributed by atoms with van der Waals surface area (Å²) in [6.07, 6.45) is 8.39. The highest BCUT2D eigenvalue weighted by atomic mass is 15.2. The Bertz CT molecular complexity index is 354. The van der Waals surface area contributed by atoms with Crippen LogP contribution in [0.3, 0.4) is 0 Å². The Morgan fingerprint density at radius 3 is 3.00 bits per heavy atom. The quantitative estimate of drug-likeness (QED) is 0.729. The standard InChI is InChI=1S/C12H20N4/c1-3-6-16(11-4-5-11)9-12(13)10-7-14-15(2)8-10/h3,7-8,11-12H,1,4-6,9,13H2,2H3. The topological polar surface area (TPSA) is 47.1 Å². The van der Waals surface area contributed by atoms with E-state index in [0.717, 1.165) is 24.7 Å². The van der Waals surface area contributed by atoms with Crippen LogP contribution in [-0.2, 0) is 7.05 Å². The predicted octanol–water partition coefficient (Wildman–Crippen LogP) is 1.07. The van der Waals surface area contributed by atoms with Crippen molar-refractivity contribution in [1.82, 2.24) is 14.7 Å². The molecular formula is C12H20N4. The van der Waals surface area contributed by atoms with Crippen LogP contribution in [0.4, 0.5) is 0 Å². The van der Waals surface area contributed by atoms with E-state index in [-0.39, 0.29) is 6.04 Å². The van der Waals surface area contributed by atoms with Gasteiger partial charge in [0.1, 0.15) is 0 Å². The second-order valence-electron chi connectivity index (χ2n) is 4.53. The molecule has 0 spiro atoms. The fourth-order valence-electron chi connectivity index (χ4n) is 1.97. The van der Waals surface area contributed by atoms with Crippen LogP contribution >= 0.6 is 0 Å². The molecule has 0 aliphatic heterocycles. The third-order valence-corrected chi connectivity index (χ3v) is 3.01. The monoisotopic (exact) mass is 220 g/mol. The smallest absolute Gasteiger partial charge is 0.0537 e. The van der Waals surface area contributed by atoms with Crippen LogP contribution in [0.15, 0.2) is 25.0 Å². The van der Waals surface area contributed by atoms with E-state index in [0.29, 0.717) is 0 Å². The van der Waals surface area contributed by atoms with Crippen molar-refractivity contribution >= 4 is 0 Å². The predicted molar refractivity (Wildman–Crippen MR) is 64.9 cm³/mol. The van der Waals surface area contributed by atoms with E-state index < -0.39 is 0 Å². The number of hydrogen-bond donors (Lipinski definition) is 1. The Kier molecular flexibility index (Phi) is 3.41. The second-order valence-corrected chi connectivity index (χ2v) is 4.53. The molecule has 0 bridgehead atoms. The number of aromatic nitrogens is 2. The zero-order chi connectivity index (χ0) is 11.5. The Hall–Kier alpha value is -1.13. The molecule has 4 heteroatoms. The molecule has 1 heterocycles. The van der Waals surface area contributed by atoms with Crippen LogP contribution in [0, 0.1) is 0 Å². The molecule has 16 heavy (non-hydrogen) atoms. The van der Waals surface area contributed by atoms with Crippen LogP contribution < -0.4 is 5.73 Å².